The molecule has 3 saturated carbocycles. The molecule has 3 aliphatic carbocycles. The van der Waals surface area contributed by atoms with Crippen LogP contribution in [0.15, 0.2) is 0 Å². The Morgan fingerprint density at radius 2 is 1.73 bits per heavy atom. The lowest BCUT2D eigenvalue weighted by atomic mass is 9.85. The van der Waals surface area contributed by atoms with Gasteiger partial charge >= 0.3 is 0 Å². The Labute approximate surface area is 94.8 Å². The maximum Gasteiger partial charge on any atom is -0.0199 e. The minimum Gasteiger partial charge on any atom is -0.0625 e. The molecule has 0 spiro atoms. The molecule has 7 unspecified atom stereocenters. The SMILES string of the molecule is CC(C)C(C)C1C2(C)CC3C(C)C3C12C. The smallest absolute Gasteiger partial charge is 0.0199 e. The second kappa shape index (κ2) is 2.46. The first-order valence-corrected chi connectivity index (χ1v) is 6.85. The molecule has 0 aromatic rings. The van der Waals surface area contributed by atoms with E-state index < -0.39 is 0 Å². The first kappa shape index (κ1) is 10.2. The molecule has 0 aromatic carbocycles. The third kappa shape index (κ3) is 0.875. The van der Waals surface area contributed by atoms with Crippen LogP contribution < -0.4 is 0 Å². The first-order chi connectivity index (χ1) is 6.85. The van der Waals surface area contributed by atoms with Crippen molar-refractivity contribution in [2.45, 2.75) is 48.0 Å². The lowest BCUT2D eigenvalue weighted by Crippen LogP contribution is -2.14. The van der Waals surface area contributed by atoms with Gasteiger partial charge in [-0.25, -0.2) is 0 Å². The third-order valence-electron chi connectivity index (χ3n) is 6.97. The van der Waals surface area contributed by atoms with Gasteiger partial charge < -0.3 is 0 Å². The molecular weight excluding hydrogens is 180 g/mol. The Bertz CT molecular complexity index is 305. The molecule has 0 radical (unpaired) electrons. The summed E-state index contributed by atoms with van der Waals surface area (Å²) in [5.74, 6) is 6.06. The van der Waals surface area contributed by atoms with Crippen LogP contribution in [0.2, 0.25) is 0 Å². The van der Waals surface area contributed by atoms with Crippen molar-refractivity contribution in [1.29, 1.82) is 0 Å². The van der Waals surface area contributed by atoms with E-state index in [-0.39, 0.29) is 0 Å². The molecular formula is C15H26. The largest absolute Gasteiger partial charge is 0.0625 e. The average molecular weight is 206 g/mol. The summed E-state index contributed by atoms with van der Waals surface area (Å²) in [6.07, 6.45) is 1.54. The first-order valence-electron chi connectivity index (χ1n) is 6.85. The molecule has 0 nitrogen and oxygen atoms in total. The molecule has 86 valence electrons. The van der Waals surface area contributed by atoms with Crippen LogP contribution in [0, 0.1) is 46.3 Å². The van der Waals surface area contributed by atoms with Gasteiger partial charge in [-0.15, -0.1) is 0 Å². The van der Waals surface area contributed by atoms with Crippen LogP contribution in [0.25, 0.3) is 0 Å². The summed E-state index contributed by atoms with van der Waals surface area (Å²) in [6.45, 7) is 15.0. The highest BCUT2D eigenvalue weighted by Gasteiger charge is 2.85. The van der Waals surface area contributed by atoms with Gasteiger partial charge in [-0.05, 0) is 52.8 Å². The lowest BCUT2D eigenvalue weighted by molar-refractivity contribution is 0.280. The second-order valence-electron chi connectivity index (χ2n) is 7.53. The van der Waals surface area contributed by atoms with Crippen molar-refractivity contribution < 1.29 is 0 Å². The van der Waals surface area contributed by atoms with Crippen molar-refractivity contribution in [3.05, 3.63) is 0 Å². The van der Waals surface area contributed by atoms with Crippen LogP contribution in [0.1, 0.15) is 48.0 Å². The molecule has 15 heavy (non-hydrogen) atoms. The van der Waals surface area contributed by atoms with Crippen LogP contribution >= 0.6 is 0 Å². The number of hydrogen-bond donors (Lipinski definition) is 0. The summed E-state index contributed by atoms with van der Waals surface area (Å²) >= 11 is 0. The second-order valence-corrected chi connectivity index (χ2v) is 7.53. The quantitative estimate of drug-likeness (QED) is 0.635. The Kier molecular flexibility index (Phi) is 1.67. The van der Waals surface area contributed by atoms with Crippen molar-refractivity contribution in [2.24, 2.45) is 46.3 Å². The van der Waals surface area contributed by atoms with Gasteiger partial charge in [0.1, 0.15) is 0 Å². The monoisotopic (exact) mass is 206 g/mol. The Hall–Kier alpha value is 0. The van der Waals surface area contributed by atoms with E-state index in [9.17, 15) is 0 Å². The van der Waals surface area contributed by atoms with Gasteiger partial charge in [-0.2, -0.15) is 0 Å². The van der Waals surface area contributed by atoms with Gasteiger partial charge in [0, 0.05) is 0 Å². The average Bonchev–Trinajstić information content (AvgIpc) is 2.85. The fourth-order valence-corrected chi connectivity index (χ4v) is 5.73. The van der Waals surface area contributed by atoms with Crippen molar-refractivity contribution in [3.63, 3.8) is 0 Å². The zero-order chi connectivity index (χ0) is 11.2. The molecule has 0 bridgehead atoms. The molecule has 3 fully saturated rings. The molecule has 0 saturated heterocycles. The van der Waals surface area contributed by atoms with Crippen LogP contribution in [-0.4, -0.2) is 0 Å². The minimum absolute atomic E-state index is 0.721. The Morgan fingerprint density at radius 3 is 2.20 bits per heavy atom. The highest BCUT2D eigenvalue weighted by Crippen LogP contribution is 2.90. The van der Waals surface area contributed by atoms with Gasteiger partial charge in [0.25, 0.3) is 0 Å². The van der Waals surface area contributed by atoms with Crippen LogP contribution in [0.4, 0.5) is 0 Å². The maximum atomic E-state index is 2.60. The number of rotatable bonds is 2. The predicted octanol–water partition coefficient (Wildman–Crippen LogP) is 4.21. The van der Waals surface area contributed by atoms with E-state index in [0.29, 0.717) is 0 Å². The van der Waals surface area contributed by atoms with Gasteiger partial charge in [-0.3, -0.25) is 0 Å². The fraction of sp³-hybridized carbons (Fsp3) is 1.00. The third-order valence-corrected chi connectivity index (χ3v) is 6.97. The summed E-state index contributed by atoms with van der Waals surface area (Å²) in [5, 5.41) is 0. The summed E-state index contributed by atoms with van der Waals surface area (Å²) in [5.41, 5.74) is 1.44. The van der Waals surface area contributed by atoms with Crippen LogP contribution in [0.3, 0.4) is 0 Å². The molecule has 0 heteroatoms. The van der Waals surface area contributed by atoms with Crippen molar-refractivity contribution in [3.8, 4) is 0 Å². The van der Waals surface area contributed by atoms with Gasteiger partial charge in [0.2, 0.25) is 0 Å². The zero-order valence-electron chi connectivity index (χ0n) is 11.2. The highest BCUT2D eigenvalue weighted by atomic mass is 14.9. The van der Waals surface area contributed by atoms with E-state index in [2.05, 4.69) is 41.5 Å². The Morgan fingerprint density at radius 1 is 1.13 bits per heavy atom. The van der Waals surface area contributed by atoms with E-state index >= 15 is 0 Å². The lowest BCUT2D eigenvalue weighted by Gasteiger charge is -2.20. The normalized spacial score (nSPS) is 62.6. The molecule has 7 atom stereocenters. The van der Waals surface area contributed by atoms with E-state index in [0.717, 1.165) is 46.3 Å². The van der Waals surface area contributed by atoms with Crippen molar-refractivity contribution in [2.75, 3.05) is 0 Å². The summed E-state index contributed by atoms with van der Waals surface area (Å²) < 4.78 is 0. The molecule has 3 aliphatic rings. The molecule has 0 aliphatic heterocycles. The number of fused-ring (bicyclic) bond motifs is 3. The van der Waals surface area contributed by atoms with E-state index in [1.54, 1.807) is 0 Å². The van der Waals surface area contributed by atoms with E-state index in [4.69, 9.17) is 0 Å². The molecule has 0 amide bonds. The van der Waals surface area contributed by atoms with Gasteiger partial charge in [0.05, 0.1) is 0 Å². The van der Waals surface area contributed by atoms with Crippen molar-refractivity contribution in [1.82, 2.24) is 0 Å². The molecule has 0 heterocycles. The fourth-order valence-electron chi connectivity index (χ4n) is 5.73. The van der Waals surface area contributed by atoms with Crippen molar-refractivity contribution >= 4 is 0 Å². The summed E-state index contributed by atoms with van der Waals surface area (Å²) in [4.78, 5) is 0. The maximum absolute atomic E-state index is 2.60. The molecule has 3 rings (SSSR count). The standard InChI is InChI=1S/C15H26/c1-8(2)9(3)13-14(5)7-11-10(4)12(11)15(13,14)6/h8-13H,7H2,1-6H3. The molecule has 0 N–H and O–H groups in total. The van der Waals surface area contributed by atoms with Gasteiger partial charge in [-0.1, -0.05) is 41.5 Å². The number of hydrogen-bond acceptors (Lipinski definition) is 0. The highest BCUT2D eigenvalue weighted by molar-refractivity contribution is 5.32. The van der Waals surface area contributed by atoms with E-state index in [1.165, 1.54) is 6.42 Å². The van der Waals surface area contributed by atoms with Crippen LogP contribution in [0.5, 0.6) is 0 Å². The van der Waals surface area contributed by atoms with Crippen LogP contribution in [-0.2, 0) is 0 Å². The summed E-state index contributed by atoms with van der Waals surface area (Å²) in [7, 11) is 0. The predicted molar refractivity (Wildman–Crippen MR) is 64.5 cm³/mol. The Balaban J connectivity index is 1.86. The van der Waals surface area contributed by atoms with E-state index in [1.807, 2.05) is 0 Å². The topological polar surface area (TPSA) is 0 Å². The van der Waals surface area contributed by atoms with Gasteiger partial charge in [0.15, 0.2) is 0 Å². The minimum atomic E-state index is 0.721. The zero-order valence-corrected chi connectivity index (χ0v) is 11.2. The summed E-state index contributed by atoms with van der Waals surface area (Å²) in [6, 6.07) is 0. The molecule has 0 aromatic heterocycles.